The molecule has 3 aromatic rings. The highest BCUT2D eigenvalue weighted by Crippen LogP contribution is 2.50. The Balaban J connectivity index is 1.59. The summed E-state index contributed by atoms with van der Waals surface area (Å²) in [7, 11) is 0. The normalized spacial score (nSPS) is 21.9. The summed E-state index contributed by atoms with van der Waals surface area (Å²) in [6.45, 7) is 9.42. The van der Waals surface area contributed by atoms with Crippen molar-refractivity contribution in [3.63, 3.8) is 0 Å². The summed E-state index contributed by atoms with van der Waals surface area (Å²) in [6.07, 6.45) is 1.17. The van der Waals surface area contributed by atoms with Crippen LogP contribution in [0.15, 0.2) is 48.7 Å². The van der Waals surface area contributed by atoms with E-state index in [0.29, 0.717) is 6.42 Å². The molecule has 0 unspecified atom stereocenters. The number of carbonyl (C=O) groups is 1. The van der Waals surface area contributed by atoms with Gasteiger partial charge in [-0.1, -0.05) is 62.2 Å². The van der Waals surface area contributed by atoms with Gasteiger partial charge in [0.25, 0.3) is 0 Å². The van der Waals surface area contributed by atoms with Crippen molar-refractivity contribution in [1.29, 1.82) is 0 Å². The molecule has 1 saturated heterocycles. The molecule has 0 aliphatic carbocycles. The first kappa shape index (κ1) is 40.1. The van der Waals surface area contributed by atoms with Crippen molar-refractivity contribution < 1.29 is 33.6 Å². The molecule has 0 saturated carbocycles. The lowest BCUT2D eigenvalue weighted by Crippen LogP contribution is -2.52. The van der Waals surface area contributed by atoms with E-state index in [9.17, 15) is 20.1 Å². The number of nitrogens with two attached hydrogens (primary N) is 1. The minimum atomic E-state index is -1.62. The maximum absolute atomic E-state index is 15.9. The summed E-state index contributed by atoms with van der Waals surface area (Å²) in [5, 5.41) is 42.2. The van der Waals surface area contributed by atoms with E-state index in [4.69, 9.17) is 33.7 Å². The van der Waals surface area contributed by atoms with E-state index in [1.165, 1.54) is 24.3 Å². The fraction of sp³-hybridized carbons (Fsp3) is 0.543. The highest BCUT2D eigenvalue weighted by molar-refractivity contribution is 6.31. The SMILES string of the molecule is CC(C)(C)C[C@@H]1N[C@@H](C(=O)Nc2ccn(CC(C)(C)OC[C@H](O)CNC(CO)CO)n2)[C@H](c2cccc(Cl)c2F)[C@@]1(N)c1ccc(Cl)cc1F. The number of rotatable bonds is 15. The Morgan fingerprint density at radius 2 is 1.84 bits per heavy atom. The number of ether oxygens (including phenoxy) is 1. The number of aliphatic hydroxyl groups is 3. The van der Waals surface area contributed by atoms with Gasteiger partial charge in [0, 0.05) is 41.4 Å². The molecule has 1 aliphatic heterocycles. The Morgan fingerprint density at radius 1 is 1.14 bits per heavy atom. The number of nitrogens with one attached hydrogen (secondary N) is 3. The number of hydrogen-bond acceptors (Lipinski definition) is 9. The van der Waals surface area contributed by atoms with Crippen LogP contribution < -0.4 is 21.7 Å². The second-order valence-electron chi connectivity index (χ2n) is 14.7. The monoisotopic (exact) mass is 740 g/mol. The second-order valence-corrected chi connectivity index (χ2v) is 15.6. The molecule has 8 N–H and O–H groups in total. The number of benzene rings is 2. The van der Waals surface area contributed by atoms with Gasteiger partial charge in [-0.05, 0) is 49.4 Å². The van der Waals surface area contributed by atoms with Gasteiger partial charge in [0.1, 0.15) is 11.6 Å². The number of hydrogen-bond donors (Lipinski definition) is 7. The number of anilines is 1. The van der Waals surface area contributed by atoms with Gasteiger partial charge in [-0.2, -0.15) is 5.10 Å². The first-order valence-electron chi connectivity index (χ1n) is 16.4. The predicted octanol–water partition coefficient (Wildman–Crippen LogP) is 3.92. The van der Waals surface area contributed by atoms with Crippen LogP contribution in [0.25, 0.3) is 0 Å². The third kappa shape index (κ3) is 9.58. The standard InChI is InChI=1S/C35H48Cl2F2N6O5/c1-33(2,3)14-27-35(40,24-10-9-20(36)13-26(24)38)29(23-7-6-8-25(37)30(23)39)31(42-27)32(49)43-28-11-12-45(44-28)19-34(4,5)50-18-22(48)15-41-21(16-46)17-47/h6-13,21-22,27,29,31,41-42,46-48H,14-19,40H2,1-5H3,(H,43,44,49)/t22-,27+,29+,31-,35-/m1/s1. The molecule has 50 heavy (non-hydrogen) atoms. The van der Waals surface area contributed by atoms with Gasteiger partial charge in [0.2, 0.25) is 5.91 Å². The van der Waals surface area contributed by atoms with Crippen LogP contribution in [-0.2, 0) is 21.6 Å². The summed E-state index contributed by atoms with van der Waals surface area (Å²) in [5.41, 5.74) is 4.67. The predicted molar refractivity (Wildman–Crippen MR) is 189 cm³/mol. The molecule has 1 amide bonds. The van der Waals surface area contributed by atoms with Gasteiger partial charge in [-0.25, -0.2) is 8.78 Å². The molecule has 1 aliphatic rings. The van der Waals surface area contributed by atoms with Crippen LogP contribution in [0.1, 0.15) is 58.1 Å². The van der Waals surface area contributed by atoms with E-state index in [0.717, 1.165) is 6.07 Å². The smallest absolute Gasteiger partial charge is 0.243 e. The van der Waals surface area contributed by atoms with Crippen LogP contribution in [0, 0.1) is 17.0 Å². The number of halogens is 4. The molecule has 0 bridgehead atoms. The van der Waals surface area contributed by atoms with Crippen LogP contribution in [0.5, 0.6) is 0 Å². The zero-order chi connectivity index (χ0) is 37.0. The van der Waals surface area contributed by atoms with E-state index in [-0.39, 0.29) is 65.3 Å². The van der Waals surface area contributed by atoms with Gasteiger partial charge in [-0.3, -0.25) is 9.48 Å². The van der Waals surface area contributed by atoms with Crippen LogP contribution in [0.4, 0.5) is 14.6 Å². The van der Waals surface area contributed by atoms with Gasteiger partial charge in [-0.15, -0.1) is 0 Å². The molecule has 11 nitrogen and oxygen atoms in total. The zero-order valence-corrected chi connectivity index (χ0v) is 30.4. The Kier molecular flexibility index (Phi) is 13.1. The molecule has 0 radical (unpaired) electrons. The van der Waals surface area contributed by atoms with E-state index in [1.54, 1.807) is 23.0 Å². The molecule has 4 rings (SSSR count). The average molecular weight is 742 g/mol. The van der Waals surface area contributed by atoms with E-state index < -0.39 is 58.8 Å². The van der Waals surface area contributed by atoms with Crippen LogP contribution in [0.3, 0.4) is 0 Å². The molecule has 1 fully saturated rings. The quantitative estimate of drug-likeness (QED) is 0.122. The van der Waals surface area contributed by atoms with Crippen molar-refractivity contribution in [3.05, 3.63) is 81.5 Å². The van der Waals surface area contributed by atoms with Gasteiger partial charge >= 0.3 is 0 Å². The molecule has 1 aromatic heterocycles. The van der Waals surface area contributed by atoms with Crippen molar-refractivity contribution in [2.75, 3.05) is 31.7 Å². The fourth-order valence-corrected chi connectivity index (χ4v) is 6.77. The summed E-state index contributed by atoms with van der Waals surface area (Å²) in [5.74, 6) is -2.89. The minimum absolute atomic E-state index is 0.0198. The number of aliphatic hydroxyl groups excluding tert-OH is 3. The van der Waals surface area contributed by atoms with Crippen LogP contribution in [-0.4, -0.2) is 87.2 Å². The van der Waals surface area contributed by atoms with Crippen molar-refractivity contribution in [1.82, 2.24) is 20.4 Å². The number of amides is 1. The molecule has 5 atom stereocenters. The molecule has 2 heterocycles. The van der Waals surface area contributed by atoms with Crippen molar-refractivity contribution in [3.8, 4) is 0 Å². The molecule has 2 aromatic carbocycles. The highest BCUT2D eigenvalue weighted by Gasteiger charge is 2.58. The number of carbonyl (C=O) groups excluding carboxylic acids is 1. The Bertz CT molecular complexity index is 1620. The maximum Gasteiger partial charge on any atom is 0.243 e. The number of nitrogens with zero attached hydrogens (tertiary/aromatic N) is 2. The lowest BCUT2D eigenvalue weighted by Gasteiger charge is -2.40. The van der Waals surface area contributed by atoms with Crippen LogP contribution >= 0.6 is 23.2 Å². The topological polar surface area (TPSA) is 167 Å². The maximum atomic E-state index is 15.9. The van der Waals surface area contributed by atoms with E-state index in [2.05, 4.69) is 21.0 Å². The molecular weight excluding hydrogens is 693 g/mol. The Labute approximate surface area is 301 Å². The molecule has 15 heteroatoms. The summed E-state index contributed by atoms with van der Waals surface area (Å²) >= 11 is 12.3. The molecular formula is C35H48Cl2F2N6O5. The summed E-state index contributed by atoms with van der Waals surface area (Å²) in [4.78, 5) is 14.2. The highest BCUT2D eigenvalue weighted by atomic mass is 35.5. The minimum Gasteiger partial charge on any atom is -0.395 e. The van der Waals surface area contributed by atoms with Crippen molar-refractivity contribution in [2.24, 2.45) is 11.1 Å². The number of aromatic nitrogens is 2. The fourth-order valence-electron chi connectivity index (χ4n) is 6.43. The summed E-state index contributed by atoms with van der Waals surface area (Å²) < 4.78 is 39.1. The largest absolute Gasteiger partial charge is 0.395 e. The lowest BCUT2D eigenvalue weighted by molar-refractivity contribution is -0.118. The van der Waals surface area contributed by atoms with Gasteiger partial charge in [0.15, 0.2) is 5.82 Å². The van der Waals surface area contributed by atoms with E-state index >= 15 is 8.78 Å². The summed E-state index contributed by atoms with van der Waals surface area (Å²) in [6, 6.07) is 7.84. The third-order valence-corrected chi connectivity index (χ3v) is 9.33. The van der Waals surface area contributed by atoms with Crippen molar-refractivity contribution >= 4 is 34.9 Å². The first-order valence-corrected chi connectivity index (χ1v) is 17.2. The Hall–Kier alpha value is -2.72. The van der Waals surface area contributed by atoms with Crippen molar-refractivity contribution in [2.45, 2.75) is 88.9 Å². The first-order chi connectivity index (χ1) is 23.4. The second kappa shape index (κ2) is 16.3. The van der Waals surface area contributed by atoms with Crippen LogP contribution in [0.2, 0.25) is 10.0 Å². The molecule has 0 spiro atoms. The lowest BCUT2D eigenvalue weighted by atomic mass is 9.68. The van der Waals surface area contributed by atoms with E-state index in [1.807, 2.05) is 34.6 Å². The third-order valence-electron chi connectivity index (χ3n) is 8.80. The Morgan fingerprint density at radius 3 is 2.48 bits per heavy atom. The zero-order valence-electron chi connectivity index (χ0n) is 28.9. The average Bonchev–Trinajstić information content (AvgIpc) is 3.58. The molecule has 276 valence electrons. The van der Waals surface area contributed by atoms with Gasteiger partial charge < -0.3 is 41.7 Å². The van der Waals surface area contributed by atoms with Gasteiger partial charge in [0.05, 0.1) is 60.7 Å².